The number of rotatable bonds is 5. The molecule has 0 heterocycles. The minimum atomic E-state index is 0.246. The SMILES string of the molecule is CCNC(C)c1ccc(Br)cc1Oc1cccc(Br)c1. The molecule has 20 heavy (non-hydrogen) atoms. The fraction of sp³-hybridized carbons (Fsp3) is 0.250. The molecule has 0 fully saturated rings. The van der Waals surface area contributed by atoms with Gasteiger partial charge in [0.1, 0.15) is 11.5 Å². The van der Waals surface area contributed by atoms with Gasteiger partial charge in [0, 0.05) is 20.6 Å². The van der Waals surface area contributed by atoms with Gasteiger partial charge in [-0.1, -0.05) is 50.9 Å². The van der Waals surface area contributed by atoms with E-state index in [1.165, 1.54) is 0 Å². The second kappa shape index (κ2) is 7.25. The lowest BCUT2D eigenvalue weighted by Gasteiger charge is -2.18. The summed E-state index contributed by atoms with van der Waals surface area (Å²) in [6.45, 7) is 5.16. The smallest absolute Gasteiger partial charge is 0.133 e. The third-order valence-corrected chi connectivity index (χ3v) is 3.96. The van der Waals surface area contributed by atoms with Crippen LogP contribution in [-0.4, -0.2) is 6.54 Å². The molecule has 106 valence electrons. The molecule has 2 aromatic carbocycles. The van der Waals surface area contributed by atoms with Crippen molar-refractivity contribution in [1.29, 1.82) is 0 Å². The Hall–Kier alpha value is -0.840. The van der Waals surface area contributed by atoms with Gasteiger partial charge in [-0.05, 0) is 43.8 Å². The van der Waals surface area contributed by atoms with Crippen LogP contribution in [0.3, 0.4) is 0 Å². The van der Waals surface area contributed by atoms with Crippen LogP contribution in [0.15, 0.2) is 51.4 Å². The van der Waals surface area contributed by atoms with Gasteiger partial charge in [-0.25, -0.2) is 0 Å². The van der Waals surface area contributed by atoms with E-state index in [0.717, 1.165) is 32.6 Å². The molecular formula is C16H17Br2NO. The molecule has 0 aliphatic heterocycles. The normalized spacial score (nSPS) is 12.2. The predicted molar refractivity (Wildman–Crippen MR) is 90.4 cm³/mol. The van der Waals surface area contributed by atoms with E-state index in [0.29, 0.717) is 0 Å². The lowest BCUT2D eigenvalue weighted by molar-refractivity contribution is 0.462. The average Bonchev–Trinajstić information content (AvgIpc) is 2.39. The molecule has 1 unspecified atom stereocenters. The highest BCUT2D eigenvalue weighted by Gasteiger charge is 2.12. The van der Waals surface area contributed by atoms with Crippen LogP contribution in [0.2, 0.25) is 0 Å². The van der Waals surface area contributed by atoms with Crippen molar-refractivity contribution in [3.63, 3.8) is 0 Å². The van der Waals surface area contributed by atoms with Crippen molar-refractivity contribution in [3.05, 3.63) is 57.0 Å². The second-order valence-corrected chi connectivity index (χ2v) is 6.35. The molecule has 0 amide bonds. The van der Waals surface area contributed by atoms with Crippen LogP contribution in [0.4, 0.5) is 0 Å². The van der Waals surface area contributed by atoms with Gasteiger partial charge < -0.3 is 10.1 Å². The van der Waals surface area contributed by atoms with Gasteiger partial charge in [-0.2, -0.15) is 0 Å². The van der Waals surface area contributed by atoms with E-state index in [1.807, 2.05) is 36.4 Å². The molecular weight excluding hydrogens is 382 g/mol. The summed E-state index contributed by atoms with van der Waals surface area (Å²) in [5.74, 6) is 1.69. The number of benzene rings is 2. The molecule has 0 aliphatic rings. The first-order chi connectivity index (χ1) is 9.60. The molecule has 1 atom stereocenters. The third kappa shape index (κ3) is 4.08. The summed E-state index contributed by atoms with van der Waals surface area (Å²) in [5.41, 5.74) is 1.15. The predicted octanol–water partition coefficient (Wildman–Crippen LogP) is 5.67. The highest BCUT2D eigenvalue weighted by atomic mass is 79.9. The number of nitrogens with one attached hydrogen (secondary N) is 1. The van der Waals surface area contributed by atoms with Gasteiger partial charge in [0.2, 0.25) is 0 Å². The molecule has 0 radical (unpaired) electrons. The lowest BCUT2D eigenvalue weighted by Crippen LogP contribution is -2.18. The maximum atomic E-state index is 6.04. The Kier molecular flexibility index (Phi) is 5.64. The average molecular weight is 399 g/mol. The van der Waals surface area contributed by atoms with Crippen molar-refractivity contribution in [2.45, 2.75) is 19.9 Å². The second-order valence-electron chi connectivity index (χ2n) is 4.52. The van der Waals surface area contributed by atoms with Crippen LogP contribution in [0.5, 0.6) is 11.5 Å². The van der Waals surface area contributed by atoms with Crippen molar-refractivity contribution < 1.29 is 4.74 Å². The summed E-state index contributed by atoms with van der Waals surface area (Å²) in [4.78, 5) is 0. The summed E-state index contributed by atoms with van der Waals surface area (Å²) in [6, 6.07) is 14.2. The van der Waals surface area contributed by atoms with E-state index in [-0.39, 0.29) is 6.04 Å². The monoisotopic (exact) mass is 397 g/mol. The first kappa shape index (κ1) is 15.5. The molecule has 4 heteroatoms. The summed E-state index contributed by atoms with van der Waals surface area (Å²) < 4.78 is 8.05. The quantitative estimate of drug-likeness (QED) is 0.699. The molecule has 0 aliphatic carbocycles. The maximum Gasteiger partial charge on any atom is 0.133 e. The fourth-order valence-corrected chi connectivity index (χ4v) is 2.75. The zero-order valence-electron chi connectivity index (χ0n) is 11.5. The van der Waals surface area contributed by atoms with Crippen LogP contribution in [0.1, 0.15) is 25.5 Å². The zero-order valence-corrected chi connectivity index (χ0v) is 14.7. The van der Waals surface area contributed by atoms with E-state index in [4.69, 9.17) is 4.74 Å². The van der Waals surface area contributed by atoms with Crippen molar-refractivity contribution >= 4 is 31.9 Å². The minimum absolute atomic E-state index is 0.246. The standard InChI is InChI=1S/C16H17Br2NO/c1-3-19-11(2)15-8-7-13(18)10-16(15)20-14-6-4-5-12(17)9-14/h4-11,19H,3H2,1-2H3. The molecule has 0 spiro atoms. The molecule has 0 bridgehead atoms. The molecule has 1 N–H and O–H groups in total. The Morgan fingerprint density at radius 2 is 1.85 bits per heavy atom. The Morgan fingerprint density at radius 1 is 1.10 bits per heavy atom. The third-order valence-electron chi connectivity index (χ3n) is 2.98. The number of ether oxygens (including phenoxy) is 1. The Morgan fingerprint density at radius 3 is 2.55 bits per heavy atom. The Bertz CT molecular complexity index is 586. The minimum Gasteiger partial charge on any atom is -0.457 e. The topological polar surface area (TPSA) is 21.3 Å². The van der Waals surface area contributed by atoms with E-state index in [2.05, 4.69) is 57.1 Å². The highest BCUT2D eigenvalue weighted by molar-refractivity contribution is 9.10. The van der Waals surface area contributed by atoms with Gasteiger partial charge in [-0.15, -0.1) is 0 Å². The van der Waals surface area contributed by atoms with Gasteiger partial charge >= 0.3 is 0 Å². The summed E-state index contributed by atoms with van der Waals surface area (Å²) in [7, 11) is 0. The van der Waals surface area contributed by atoms with Crippen LogP contribution < -0.4 is 10.1 Å². The molecule has 2 nitrogen and oxygen atoms in total. The summed E-state index contributed by atoms with van der Waals surface area (Å²) in [5, 5.41) is 3.41. The first-order valence-electron chi connectivity index (χ1n) is 6.56. The fourth-order valence-electron chi connectivity index (χ4n) is 2.03. The van der Waals surface area contributed by atoms with Gasteiger partial charge in [0.15, 0.2) is 0 Å². The molecule has 0 saturated carbocycles. The van der Waals surface area contributed by atoms with Crippen molar-refractivity contribution in [2.24, 2.45) is 0 Å². The number of hydrogen-bond acceptors (Lipinski definition) is 2. The molecule has 2 rings (SSSR count). The summed E-state index contributed by atoms with van der Waals surface area (Å²) >= 11 is 6.96. The zero-order chi connectivity index (χ0) is 14.5. The van der Waals surface area contributed by atoms with Crippen LogP contribution in [0, 0.1) is 0 Å². The largest absolute Gasteiger partial charge is 0.457 e. The van der Waals surface area contributed by atoms with E-state index in [9.17, 15) is 0 Å². The summed E-state index contributed by atoms with van der Waals surface area (Å²) in [6.07, 6.45) is 0. The van der Waals surface area contributed by atoms with E-state index < -0.39 is 0 Å². The highest BCUT2D eigenvalue weighted by Crippen LogP contribution is 2.33. The van der Waals surface area contributed by atoms with E-state index in [1.54, 1.807) is 0 Å². The first-order valence-corrected chi connectivity index (χ1v) is 8.15. The lowest BCUT2D eigenvalue weighted by atomic mass is 10.1. The molecule has 0 aromatic heterocycles. The van der Waals surface area contributed by atoms with Gasteiger partial charge in [-0.3, -0.25) is 0 Å². The van der Waals surface area contributed by atoms with Crippen LogP contribution in [0.25, 0.3) is 0 Å². The van der Waals surface area contributed by atoms with Crippen LogP contribution in [-0.2, 0) is 0 Å². The van der Waals surface area contributed by atoms with Gasteiger partial charge in [0.25, 0.3) is 0 Å². The van der Waals surface area contributed by atoms with Crippen molar-refractivity contribution in [3.8, 4) is 11.5 Å². The maximum absolute atomic E-state index is 6.04. The molecule has 0 saturated heterocycles. The molecule has 2 aromatic rings. The van der Waals surface area contributed by atoms with Crippen LogP contribution >= 0.6 is 31.9 Å². The van der Waals surface area contributed by atoms with Crippen molar-refractivity contribution in [1.82, 2.24) is 5.32 Å². The number of hydrogen-bond donors (Lipinski definition) is 1. The Labute approximate surface area is 136 Å². The number of halogens is 2. The van der Waals surface area contributed by atoms with Crippen molar-refractivity contribution in [2.75, 3.05) is 6.54 Å². The van der Waals surface area contributed by atoms with E-state index >= 15 is 0 Å². The van der Waals surface area contributed by atoms with Gasteiger partial charge in [0.05, 0.1) is 0 Å². The Balaban J connectivity index is 2.32.